The lowest BCUT2D eigenvalue weighted by Gasteiger charge is -2.08. The van der Waals surface area contributed by atoms with Gasteiger partial charge in [0.05, 0.1) is 12.8 Å². The van der Waals surface area contributed by atoms with Crippen LogP contribution in [-0.2, 0) is 15.4 Å². The van der Waals surface area contributed by atoms with Gasteiger partial charge in [-0.1, -0.05) is 0 Å². The molecule has 1 unspecified atom stereocenters. The number of aromatic hydroxyl groups is 1. The smallest absolute Gasteiger partial charge is 0.261 e. The van der Waals surface area contributed by atoms with Gasteiger partial charge in [-0.05, 0) is 37.1 Å². The summed E-state index contributed by atoms with van der Waals surface area (Å²) in [5, 5.41) is 9.51. The first-order valence-corrected chi connectivity index (χ1v) is 5.15. The maximum absolute atomic E-state index is 11.0. The monoisotopic (exact) mass is 215 g/mol. The van der Waals surface area contributed by atoms with Crippen molar-refractivity contribution in [1.82, 2.24) is 0 Å². The maximum Gasteiger partial charge on any atom is 0.261 e. The summed E-state index contributed by atoms with van der Waals surface area (Å²) >= 11 is -1.61. The summed E-state index contributed by atoms with van der Waals surface area (Å²) in [6.07, 6.45) is 0. The number of phenols is 1. The van der Waals surface area contributed by atoms with E-state index in [1.165, 1.54) is 7.11 Å². The molecular weight excluding hydrogens is 202 g/mol. The van der Waals surface area contributed by atoms with Gasteiger partial charge in [-0.3, -0.25) is 8.91 Å². The number of anilines is 1. The van der Waals surface area contributed by atoms with Crippen molar-refractivity contribution in [1.29, 1.82) is 0 Å². The van der Waals surface area contributed by atoms with Crippen LogP contribution in [0.3, 0.4) is 0 Å². The second kappa shape index (κ2) is 4.43. The number of nitrogens with one attached hydrogen (secondary N) is 1. The van der Waals surface area contributed by atoms with E-state index >= 15 is 0 Å². The Hall–Kier alpha value is -1.07. The average molecular weight is 215 g/mol. The Bertz CT molecular complexity index is 365. The van der Waals surface area contributed by atoms with E-state index in [0.717, 1.165) is 11.1 Å². The molecule has 0 saturated carbocycles. The molecule has 0 aliphatic carbocycles. The fourth-order valence-electron chi connectivity index (χ4n) is 1.01. The largest absolute Gasteiger partial charge is 0.506 e. The Morgan fingerprint density at radius 3 is 2.50 bits per heavy atom. The second-order valence-electron chi connectivity index (χ2n) is 2.96. The van der Waals surface area contributed by atoms with Crippen molar-refractivity contribution in [3.8, 4) is 5.75 Å². The van der Waals surface area contributed by atoms with E-state index in [1.807, 2.05) is 13.8 Å². The molecule has 14 heavy (non-hydrogen) atoms. The molecule has 0 fully saturated rings. The average Bonchev–Trinajstić information content (AvgIpc) is 2.14. The molecule has 78 valence electrons. The molecule has 1 aromatic carbocycles. The Balaban J connectivity index is 2.98. The van der Waals surface area contributed by atoms with Crippen molar-refractivity contribution in [3.05, 3.63) is 23.3 Å². The first-order valence-electron chi connectivity index (χ1n) is 4.07. The molecule has 0 aliphatic heterocycles. The summed E-state index contributed by atoms with van der Waals surface area (Å²) in [7, 11) is 1.32. The van der Waals surface area contributed by atoms with Gasteiger partial charge in [-0.25, -0.2) is 4.21 Å². The third-order valence-corrected chi connectivity index (χ3v) is 2.65. The molecule has 2 N–H and O–H groups in total. The van der Waals surface area contributed by atoms with E-state index in [9.17, 15) is 9.32 Å². The Kier molecular flexibility index (Phi) is 3.49. The first-order chi connectivity index (χ1) is 6.54. The standard InChI is InChI=1S/C9H13NO3S/c1-6-4-8(10-14(12)13-3)9(11)5-7(6)2/h4-5,10-11H,1-3H3. The highest BCUT2D eigenvalue weighted by atomic mass is 32.2. The number of benzene rings is 1. The minimum atomic E-state index is -1.61. The van der Waals surface area contributed by atoms with E-state index in [0.29, 0.717) is 5.69 Å². The molecule has 4 nitrogen and oxygen atoms in total. The zero-order chi connectivity index (χ0) is 10.7. The Morgan fingerprint density at radius 2 is 1.93 bits per heavy atom. The Labute approximate surface area is 85.7 Å². The quantitative estimate of drug-likeness (QED) is 0.754. The van der Waals surface area contributed by atoms with E-state index in [4.69, 9.17) is 0 Å². The molecule has 0 amide bonds. The number of hydrogen-bond acceptors (Lipinski definition) is 3. The molecule has 1 rings (SSSR count). The van der Waals surface area contributed by atoms with Crippen LogP contribution in [0.2, 0.25) is 0 Å². The fourth-order valence-corrected chi connectivity index (χ4v) is 1.44. The van der Waals surface area contributed by atoms with Crippen molar-refractivity contribution in [2.75, 3.05) is 11.8 Å². The van der Waals surface area contributed by atoms with Gasteiger partial charge in [0.15, 0.2) is 0 Å². The molecule has 0 bridgehead atoms. The predicted molar refractivity (Wildman–Crippen MR) is 56.4 cm³/mol. The van der Waals surface area contributed by atoms with Gasteiger partial charge < -0.3 is 5.11 Å². The molecule has 0 saturated heterocycles. The second-order valence-corrected chi connectivity index (χ2v) is 3.96. The molecule has 0 aromatic heterocycles. The summed E-state index contributed by atoms with van der Waals surface area (Å²) in [5.74, 6) is 0.0681. The third-order valence-electron chi connectivity index (χ3n) is 1.96. The molecule has 0 heterocycles. The summed E-state index contributed by atoms with van der Waals surface area (Å²) in [6, 6.07) is 3.34. The van der Waals surface area contributed by atoms with Crippen LogP contribution < -0.4 is 4.72 Å². The molecule has 0 aliphatic rings. The lowest BCUT2D eigenvalue weighted by molar-refractivity contribution is 0.448. The van der Waals surface area contributed by atoms with Gasteiger partial charge in [-0.15, -0.1) is 0 Å². The fraction of sp³-hybridized carbons (Fsp3) is 0.333. The van der Waals surface area contributed by atoms with Gasteiger partial charge in [-0.2, -0.15) is 0 Å². The van der Waals surface area contributed by atoms with Crippen molar-refractivity contribution in [3.63, 3.8) is 0 Å². The Morgan fingerprint density at radius 1 is 1.36 bits per heavy atom. The highest BCUT2D eigenvalue weighted by Crippen LogP contribution is 2.27. The highest BCUT2D eigenvalue weighted by Gasteiger charge is 2.06. The summed E-state index contributed by atoms with van der Waals surface area (Å²) in [6.45, 7) is 3.81. The van der Waals surface area contributed by atoms with Gasteiger partial charge >= 0.3 is 0 Å². The van der Waals surface area contributed by atoms with E-state index in [-0.39, 0.29) is 5.75 Å². The predicted octanol–water partition coefficient (Wildman–Crippen LogP) is 1.65. The number of rotatable bonds is 3. The van der Waals surface area contributed by atoms with Crippen LogP contribution in [-0.4, -0.2) is 16.4 Å². The summed E-state index contributed by atoms with van der Waals surface area (Å²) < 4.78 is 18.1. The molecule has 0 radical (unpaired) electrons. The van der Waals surface area contributed by atoms with Crippen LogP contribution >= 0.6 is 0 Å². The molecule has 1 atom stereocenters. The zero-order valence-corrected chi connectivity index (χ0v) is 9.14. The first kappa shape index (κ1) is 11.0. The molecule has 0 spiro atoms. The van der Waals surface area contributed by atoms with Crippen LogP contribution in [0.5, 0.6) is 5.75 Å². The molecule has 1 aromatic rings. The van der Waals surface area contributed by atoms with E-state index < -0.39 is 11.3 Å². The van der Waals surface area contributed by atoms with Crippen LogP contribution in [0.4, 0.5) is 5.69 Å². The minimum absolute atomic E-state index is 0.0681. The molecular formula is C9H13NO3S. The number of phenolic OH excluding ortho intramolecular Hbond substituents is 1. The van der Waals surface area contributed by atoms with Gasteiger partial charge in [0.25, 0.3) is 11.3 Å². The van der Waals surface area contributed by atoms with Crippen molar-refractivity contribution in [2.45, 2.75) is 13.8 Å². The van der Waals surface area contributed by atoms with E-state index in [2.05, 4.69) is 8.91 Å². The van der Waals surface area contributed by atoms with Crippen LogP contribution in [0.25, 0.3) is 0 Å². The van der Waals surface area contributed by atoms with Crippen LogP contribution in [0.1, 0.15) is 11.1 Å². The number of aryl methyl sites for hydroxylation is 2. The normalized spacial score (nSPS) is 12.5. The topological polar surface area (TPSA) is 58.6 Å². The lowest BCUT2D eigenvalue weighted by atomic mass is 10.1. The maximum atomic E-state index is 11.0. The highest BCUT2D eigenvalue weighted by molar-refractivity contribution is 7.81. The van der Waals surface area contributed by atoms with Crippen molar-refractivity contribution < 1.29 is 13.5 Å². The van der Waals surface area contributed by atoms with Gasteiger partial charge in [0, 0.05) is 0 Å². The van der Waals surface area contributed by atoms with Gasteiger partial charge in [0.2, 0.25) is 0 Å². The summed E-state index contributed by atoms with van der Waals surface area (Å²) in [4.78, 5) is 0. The van der Waals surface area contributed by atoms with Crippen LogP contribution in [0, 0.1) is 13.8 Å². The third kappa shape index (κ3) is 2.46. The number of hydrogen-bond donors (Lipinski definition) is 2. The zero-order valence-electron chi connectivity index (χ0n) is 8.33. The molecule has 5 heteroatoms. The SMILES string of the molecule is COS(=O)Nc1cc(C)c(C)cc1O. The van der Waals surface area contributed by atoms with Gasteiger partial charge in [0.1, 0.15) is 5.75 Å². The van der Waals surface area contributed by atoms with Crippen molar-refractivity contribution >= 4 is 17.0 Å². The lowest BCUT2D eigenvalue weighted by Crippen LogP contribution is -2.05. The summed E-state index contributed by atoms with van der Waals surface area (Å²) in [5.41, 5.74) is 2.41. The van der Waals surface area contributed by atoms with E-state index in [1.54, 1.807) is 12.1 Å². The van der Waals surface area contributed by atoms with Crippen molar-refractivity contribution in [2.24, 2.45) is 0 Å². The minimum Gasteiger partial charge on any atom is -0.506 e. The van der Waals surface area contributed by atoms with Crippen LogP contribution in [0.15, 0.2) is 12.1 Å².